The third-order valence-electron chi connectivity index (χ3n) is 2.91. The lowest BCUT2D eigenvalue weighted by Gasteiger charge is -2.22. The lowest BCUT2D eigenvalue weighted by atomic mass is 10.2. The summed E-state index contributed by atoms with van der Waals surface area (Å²) in [5.74, 6) is -1.20. The van der Waals surface area contributed by atoms with Crippen molar-refractivity contribution in [3.8, 4) is 0 Å². The maximum absolute atomic E-state index is 12.3. The molecule has 0 spiro atoms. The van der Waals surface area contributed by atoms with Crippen molar-refractivity contribution in [3.63, 3.8) is 0 Å². The molecule has 1 atom stereocenters. The molecular weight excluding hydrogens is 324 g/mol. The van der Waals surface area contributed by atoms with Crippen LogP contribution in [0.25, 0.3) is 0 Å². The van der Waals surface area contributed by atoms with Crippen LogP contribution in [0.4, 0.5) is 4.79 Å². The highest BCUT2D eigenvalue weighted by atomic mass is 16.6. The van der Waals surface area contributed by atoms with E-state index >= 15 is 0 Å². The van der Waals surface area contributed by atoms with Gasteiger partial charge in [-0.3, -0.25) is 4.79 Å². The summed E-state index contributed by atoms with van der Waals surface area (Å²) in [6.45, 7) is 5.29. The van der Waals surface area contributed by atoms with E-state index in [0.717, 1.165) is 5.56 Å². The fourth-order valence-corrected chi connectivity index (χ4v) is 1.87. The number of benzene rings is 1. The Kier molecular flexibility index (Phi) is 7.25. The molecule has 0 aliphatic carbocycles. The number of hydrogen-bond donors (Lipinski definition) is 2. The Morgan fingerprint density at radius 1 is 1.20 bits per heavy atom. The summed E-state index contributed by atoms with van der Waals surface area (Å²) >= 11 is 0. The first-order valence-electron chi connectivity index (χ1n) is 8.68. The van der Waals surface area contributed by atoms with Gasteiger partial charge in [-0.05, 0) is 33.2 Å². The second-order valence-electron chi connectivity index (χ2n) is 6.35. The second-order valence-corrected chi connectivity index (χ2v) is 6.35. The minimum absolute atomic E-state index is 0.0222. The molecule has 2 amide bonds. The average Bonchev–Trinajstić information content (AvgIpc) is 2.56. The molecule has 1 rings (SSSR count). The highest BCUT2D eigenvalue weighted by Gasteiger charge is 2.27. The van der Waals surface area contributed by atoms with E-state index in [4.69, 9.17) is 10.8 Å². The van der Waals surface area contributed by atoms with Crippen molar-refractivity contribution in [3.05, 3.63) is 35.9 Å². The number of alkyl carbamates (subject to hydrolysis) is 1. The molecule has 2 N–H and O–H groups in total. The van der Waals surface area contributed by atoms with Gasteiger partial charge in [0.25, 0.3) is 0 Å². The summed E-state index contributed by atoms with van der Waals surface area (Å²) in [6.07, 6.45) is -1.11. The third-order valence-corrected chi connectivity index (χ3v) is 2.91. The van der Waals surface area contributed by atoms with Gasteiger partial charge in [0.05, 0.1) is 6.42 Å². The highest BCUT2D eigenvalue weighted by Crippen LogP contribution is 2.08. The monoisotopic (exact) mass is 351 g/mol. The molecule has 7 nitrogen and oxygen atoms in total. The summed E-state index contributed by atoms with van der Waals surface area (Å²) < 4.78 is 17.4. The summed E-state index contributed by atoms with van der Waals surface area (Å²) in [5.41, 5.74) is 0.0475. The van der Waals surface area contributed by atoms with E-state index < -0.39 is 29.6 Å². The van der Waals surface area contributed by atoms with Crippen LogP contribution in [0.5, 0.6) is 0 Å². The smallest absolute Gasteiger partial charge is 0.408 e. The molecule has 0 saturated carbocycles. The molecule has 7 heteroatoms. The first-order chi connectivity index (χ1) is 12.2. The zero-order valence-electron chi connectivity index (χ0n) is 15.8. The SMILES string of the molecule is [2H]CCNC(=O)C[C@H](NC(=O)OC(C)(C)C)C(=O)OCc1ccccc1. The molecule has 1 aromatic carbocycles. The molecule has 0 saturated heterocycles. The van der Waals surface area contributed by atoms with Crippen LogP contribution in [0.15, 0.2) is 30.3 Å². The Morgan fingerprint density at radius 2 is 1.88 bits per heavy atom. The maximum Gasteiger partial charge on any atom is 0.408 e. The number of nitrogens with one attached hydrogen (secondary N) is 2. The van der Waals surface area contributed by atoms with Gasteiger partial charge in [0.1, 0.15) is 18.2 Å². The molecule has 138 valence electrons. The Hall–Kier alpha value is -2.57. The van der Waals surface area contributed by atoms with Crippen LogP contribution < -0.4 is 10.6 Å². The lowest BCUT2D eigenvalue weighted by Crippen LogP contribution is -2.46. The number of ether oxygens (including phenoxy) is 2. The molecule has 25 heavy (non-hydrogen) atoms. The number of hydrogen-bond acceptors (Lipinski definition) is 5. The maximum atomic E-state index is 12.3. The zero-order valence-corrected chi connectivity index (χ0v) is 14.8. The topological polar surface area (TPSA) is 93.7 Å². The molecule has 0 aliphatic heterocycles. The fourth-order valence-electron chi connectivity index (χ4n) is 1.87. The van der Waals surface area contributed by atoms with Gasteiger partial charge in [-0.25, -0.2) is 9.59 Å². The number of carbonyl (C=O) groups excluding carboxylic acids is 3. The van der Waals surface area contributed by atoms with Gasteiger partial charge in [-0.1, -0.05) is 30.3 Å². The van der Waals surface area contributed by atoms with E-state index in [1.165, 1.54) is 0 Å². The largest absolute Gasteiger partial charge is 0.459 e. The average molecular weight is 351 g/mol. The van der Waals surface area contributed by atoms with E-state index in [2.05, 4.69) is 10.6 Å². The summed E-state index contributed by atoms with van der Waals surface area (Å²) in [6, 6.07) is 7.88. The Balaban J connectivity index is 2.69. The van der Waals surface area contributed by atoms with Crippen LogP contribution in [-0.4, -0.2) is 36.2 Å². The van der Waals surface area contributed by atoms with Crippen molar-refractivity contribution in [2.45, 2.75) is 52.3 Å². The second kappa shape index (κ2) is 9.66. The van der Waals surface area contributed by atoms with E-state index in [-0.39, 0.29) is 26.5 Å². The molecular formula is C18H26N2O5. The Bertz CT molecular complexity index is 601. The van der Waals surface area contributed by atoms with Gasteiger partial charge < -0.3 is 20.1 Å². The van der Waals surface area contributed by atoms with E-state index in [1.807, 2.05) is 18.2 Å². The first kappa shape index (κ1) is 18.8. The van der Waals surface area contributed by atoms with Gasteiger partial charge >= 0.3 is 12.1 Å². The summed E-state index contributed by atoms with van der Waals surface area (Å²) in [4.78, 5) is 36.1. The van der Waals surface area contributed by atoms with Gasteiger partial charge in [-0.15, -0.1) is 0 Å². The normalized spacial score (nSPS) is 12.5. The van der Waals surface area contributed by atoms with Gasteiger partial charge in [0.2, 0.25) is 5.91 Å². The van der Waals surface area contributed by atoms with Crippen LogP contribution in [0.3, 0.4) is 0 Å². The van der Waals surface area contributed by atoms with Gasteiger partial charge in [0.15, 0.2) is 0 Å². The minimum Gasteiger partial charge on any atom is -0.459 e. The Labute approximate surface area is 149 Å². The number of esters is 1. The fraction of sp³-hybridized carbons (Fsp3) is 0.500. The molecule has 0 unspecified atom stereocenters. The first-order valence-corrected chi connectivity index (χ1v) is 7.97. The van der Waals surface area contributed by atoms with Crippen molar-refractivity contribution in [2.75, 3.05) is 6.54 Å². The molecule has 1 aromatic rings. The predicted octanol–water partition coefficient (Wildman–Crippen LogP) is 2.15. The lowest BCUT2D eigenvalue weighted by molar-refractivity contribution is -0.149. The highest BCUT2D eigenvalue weighted by molar-refractivity contribution is 5.88. The van der Waals surface area contributed by atoms with Crippen LogP contribution >= 0.6 is 0 Å². The predicted molar refractivity (Wildman–Crippen MR) is 92.7 cm³/mol. The third kappa shape index (κ3) is 8.74. The number of carbonyl (C=O) groups is 3. The quantitative estimate of drug-likeness (QED) is 0.734. The number of rotatable bonds is 7. The van der Waals surface area contributed by atoms with Gasteiger partial charge in [-0.2, -0.15) is 0 Å². The van der Waals surface area contributed by atoms with Crippen LogP contribution in [-0.2, 0) is 25.7 Å². The minimum atomic E-state index is -1.18. The van der Waals surface area contributed by atoms with Crippen LogP contribution in [0.1, 0.15) is 41.0 Å². The van der Waals surface area contributed by atoms with Crippen molar-refractivity contribution in [2.24, 2.45) is 0 Å². The zero-order chi connectivity index (χ0) is 19.6. The molecule has 0 fully saturated rings. The van der Waals surface area contributed by atoms with Crippen LogP contribution in [0.2, 0.25) is 0 Å². The molecule has 0 bridgehead atoms. The van der Waals surface area contributed by atoms with E-state index in [0.29, 0.717) is 0 Å². The number of amides is 2. The van der Waals surface area contributed by atoms with Crippen molar-refractivity contribution < 1.29 is 25.2 Å². The van der Waals surface area contributed by atoms with E-state index in [1.54, 1.807) is 32.9 Å². The molecule has 0 radical (unpaired) electrons. The van der Waals surface area contributed by atoms with Crippen molar-refractivity contribution >= 4 is 18.0 Å². The summed E-state index contributed by atoms with van der Waals surface area (Å²) in [5, 5.41) is 4.86. The molecule has 0 heterocycles. The van der Waals surface area contributed by atoms with Crippen LogP contribution in [0, 0.1) is 0 Å². The Morgan fingerprint density at radius 3 is 2.48 bits per heavy atom. The molecule has 0 aliphatic rings. The van der Waals surface area contributed by atoms with Crippen molar-refractivity contribution in [1.29, 1.82) is 0 Å². The van der Waals surface area contributed by atoms with E-state index in [9.17, 15) is 14.4 Å². The summed E-state index contributed by atoms with van der Waals surface area (Å²) in [7, 11) is 0. The standard InChI is InChI=1S/C18H26N2O5/c1-5-19-15(21)11-14(20-17(23)25-18(2,3)4)16(22)24-12-13-9-7-6-8-10-13/h6-10,14H,5,11-12H2,1-4H3,(H,19,21)(H,20,23)/t14-/m0/s1/i1D. The van der Waals surface area contributed by atoms with Gasteiger partial charge in [0, 0.05) is 7.92 Å². The van der Waals surface area contributed by atoms with Crippen molar-refractivity contribution in [1.82, 2.24) is 10.6 Å². The molecule has 0 aromatic heterocycles.